The predicted molar refractivity (Wildman–Crippen MR) is 80.4 cm³/mol. The molecule has 1 heterocycles. The zero-order valence-corrected chi connectivity index (χ0v) is 11.9. The van der Waals surface area contributed by atoms with Gasteiger partial charge in [-0.05, 0) is 54.4 Å². The van der Waals surface area contributed by atoms with E-state index in [0.29, 0.717) is 12.1 Å². The largest absolute Gasteiger partial charge is 0.399 e. The first-order chi connectivity index (χ1) is 9.15. The van der Waals surface area contributed by atoms with E-state index in [9.17, 15) is 4.79 Å². The van der Waals surface area contributed by atoms with Crippen molar-refractivity contribution in [1.82, 2.24) is 0 Å². The molecule has 0 saturated heterocycles. The molecule has 0 fully saturated rings. The van der Waals surface area contributed by atoms with E-state index in [-0.39, 0.29) is 5.91 Å². The van der Waals surface area contributed by atoms with E-state index in [1.165, 1.54) is 0 Å². The Balaban J connectivity index is 1.93. The van der Waals surface area contributed by atoms with Crippen LogP contribution in [-0.2, 0) is 6.42 Å². The molecule has 0 aromatic heterocycles. The zero-order valence-electron chi connectivity index (χ0n) is 10.3. The van der Waals surface area contributed by atoms with Crippen molar-refractivity contribution in [2.45, 2.75) is 6.42 Å². The standard InChI is InChI=1S/C15H13BrN2O/c16-12-3-1-10(2-4-12)15(19)18-8-7-11-9-13(17)5-6-14(11)18/h1-6,9H,7-8,17H2. The van der Waals surface area contributed by atoms with E-state index >= 15 is 0 Å². The van der Waals surface area contributed by atoms with Crippen LogP contribution in [0.4, 0.5) is 11.4 Å². The van der Waals surface area contributed by atoms with Gasteiger partial charge in [-0.3, -0.25) is 4.79 Å². The Hall–Kier alpha value is -1.81. The summed E-state index contributed by atoms with van der Waals surface area (Å²) in [5.41, 5.74) is 9.34. The van der Waals surface area contributed by atoms with Crippen molar-refractivity contribution in [1.29, 1.82) is 0 Å². The number of amides is 1. The number of anilines is 2. The Kier molecular flexibility index (Phi) is 3.03. The average Bonchev–Trinajstić information content (AvgIpc) is 2.81. The molecule has 0 atom stereocenters. The number of nitrogens with zero attached hydrogens (tertiary/aromatic N) is 1. The van der Waals surface area contributed by atoms with Crippen LogP contribution in [0.1, 0.15) is 15.9 Å². The van der Waals surface area contributed by atoms with Crippen molar-refractivity contribution in [3.63, 3.8) is 0 Å². The molecular weight excluding hydrogens is 304 g/mol. The van der Waals surface area contributed by atoms with Gasteiger partial charge in [0.25, 0.3) is 5.91 Å². The van der Waals surface area contributed by atoms with Gasteiger partial charge in [-0.2, -0.15) is 0 Å². The zero-order chi connectivity index (χ0) is 13.4. The number of rotatable bonds is 1. The minimum absolute atomic E-state index is 0.0380. The van der Waals surface area contributed by atoms with Gasteiger partial charge in [-0.1, -0.05) is 15.9 Å². The molecule has 2 N–H and O–H groups in total. The summed E-state index contributed by atoms with van der Waals surface area (Å²) in [5, 5.41) is 0. The van der Waals surface area contributed by atoms with Gasteiger partial charge >= 0.3 is 0 Å². The Labute approximate surface area is 120 Å². The van der Waals surface area contributed by atoms with Gasteiger partial charge in [0.05, 0.1) is 0 Å². The van der Waals surface area contributed by atoms with Crippen molar-refractivity contribution < 1.29 is 4.79 Å². The Morgan fingerprint density at radius 2 is 1.89 bits per heavy atom. The fraction of sp³-hybridized carbons (Fsp3) is 0.133. The summed E-state index contributed by atoms with van der Waals surface area (Å²) in [5.74, 6) is 0.0380. The number of hydrogen-bond acceptors (Lipinski definition) is 2. The molecule has 19 heavy (non-hydrogen) atoms. The van der Waals surface area contributed by atoms with Crippen LogP contribution in [0.25, 0.3) is 0 Å². The number of carbonyl (C=O) groups excluding carboxylic acids is 1. The first-order valence-electron chi connectivity index (χ1n) is 6.11. The van der Waals surface area contributed by atoms with Crippen LogP contribution in [0.15, 0.2) is 46.9 Å². The number of benzene rings is 2. The fourth-order valence-corrected chi connectivity index (χ4v) is 2.65. The van der Waals surface area contributed by atoms with Gasteiger partial charge in [0.1, 0.15) is 0 Å². The Morgan fingerprint density at radius 3 is 2.63 bits per heavy atom. The maximum atomic E-state index is 12.5. The summed E-state index contributed by atoms with van der Waals surface area (Å²) < 4.78 is 0.971. The van der Waals surface area contributed by atoms with Gasteiger partial charge in [0.2, 0.25) is 0 Å². The number of nitrogen functional groups attached to an aromatic ring is 1. The van der Waals surface area contributed by atoms with Crippen LogP contribution in [0.5, 0.6) is 0 Å². The number of halogens is 1. The van der Waals surface area contributed by atoms with E-state index in [0.717, 1.165) is 27.8 Å². The SMILES string of the molecule is Nc1ccc2c(c1)CCN2C(=O)c1ccc(Br)cc1. The second-order valence-corrected chi connectivity index (χ2v) is 5.52. The second kappa shape index (κ2) is 4.70. The van der Waals surface area contributed by atoms with Crippen molar-refractivity contribution in [2.75, 3.05) is 17.2 Å². The lowest BCUT2D eigenvalue weighted by Gasteiger charge is -2.17. The van der Waals surface area contributed by atoms with Crippen LogP contribution in [-0.4, -0.2) is 12.5 Å². The molecule has 0 spiro atoms. The van der Waals surface area contributed by atoms with Gasteiger partial charge in [0.15, 0.2) is 0 Å². The van der Waals surface area contributed by atoms with Gasteiger partial charge in [-0.15, -0.1) is 0 Å². The summed E-state index contributed by atoms with van der Waals surface area (Å²) in [6.07, 6.45) is 0.864. The highest BCUT2D eigenvalue weighted by atomic mass is 79.9. The molecule has 96 valence electrons. The molecule has 2 aromatic carbocycles. The summed E-state index contributed by atoms with van der Waals surface area (Å²) in [4.78, 5) is 14.3. The Bertz CT molecular complexity index is 637. The van der Waals surface area contributed by atoms with Crippen molar-refractivity contribution in [3.05, 3.63) is 58.1 Å². The molecule has 0 bridgehead atoms. The van der Waals surface area contributed by atoms with Crippen LogP contribution in [0, 0.1) is 0 Å². The maximum absolute atomic E-state index is 12.5. The van der Waals surface area contributed by atoms with Crippen LogP contribution in [0.3, 0.4) is 0 Å². The van der Waals surface area contributed by atoms with E-state index in [2.05, 4.69) is 15.9 Å². The third-order valence-corrected chi connectivity index (χ3v) is 3.86. The van der Waals surface area contributed by atoms with E-state index in [4.69, 9.17) is 5.73 Å². The molecule has 0 saturated carbocycles. The van der Waals surface area contributed by atoms with Crippen LogP contribution in [0.2, 0.25) is 0 Å². The summed E-state index contributed by atoms with van der Waals surface area (Å²) >= 11 is 3.37. The van der Waals surface area contributed by atoms with Crippen LogP contribution >= 0.6 is 15.9 Å². The predicted octanol–water partition coefficient (Wildman–Crippen LogP) is 3.23. The third kappa shape index (κ3) is 2.24. The molecule has 3 nitrogen and oxygen atoms in total. The third-order valence-electron chi connectivity index (χ3n) is 3.34. The number of nitrogens with two attached hydrogens (primary N) is 1. The molecular formula is C15H13BrN2O. The smallest absolute Gasteiger partial charge is 0.258 e. The van der Waals surface area contributed by atoms with Gasteiger partial charge in [-0.25, -0.2) is 0 Å². The molecule has 2 aromatic rings. The molecule has 0 radical (unpaired) electrons. The highest BCUT2D eigenvalue weighted by Gasteiger charge is 2.25. The first kappa shape index (κ1) is 12.2. The highest BCUT2D eigenvalue weighted by Crippen LogP contribution is 2.30. The number of fused-ring (bicyclic) bond motifs is 1. The lowest BCUT2D eigenvalue weighted by atomic mass is 10.1. The van der Waals surface area contributed by atoms with E-state index in [1.54, 1.807) is 0 Å². The summed E-state index contributed by atoms with van der Waals surface area (Å²) in [7, 11) is 0. The minimum Gasteiger partial charge on any atom is -0.399 e. The molecule has 0 aliphatic carbocycles. The molecule has 3 rings (SSSR count). The molecule has 1 aliphatic heterocycles. The molecule has 1 aliphatic rings. The number of carbonyl (C=O) groups is 1. The lowest BCUT2D eigenvalue weighted by molar-refractivity contribution is 0.0989. The van der Waals surface area contributed by atoms with Gasteiger partial charge in [0, 0.05) is 28.0 Å². The first-order valence-corrected chi connectivity index (χ1v) is 6.90. The number of hydrogen-bond donors (Lipinski definition) is 1. The average molecular weight is 317 g/mol. The molecule has 4 heteroatoms. The van der Waals surface area contributed by atoms with Crippen LogP contribution < -0.4 is 10.6 Å². The summed E-state index contributed by atoms with van der Waals surface area (Å²) in [6, 6.07) is 13.1. The van der Waals surface area contributed by atoms with Crippen molar-refractivity contribution >= 4 is 33.2 Å². The van der Waals surface area contributed by atoms with Crippen molar-refractivity contribution in [3.8, 4) is 0 Å². The molecule has 1 amide bonds. The highest BCUT2D eigenvalue weighted by molar-refractivity contribution is 9.10. The van der Waals surface area contributed by atoms with E-state index in [1.807, 2.05) is 47.4 Å². The van der Waals surface area contributed by atoms with Crippen molar-refractivity contribution in [2.24, 2.45) is 0 Å². The molecule has 0 unspecified atom stereocenters. The second-order valence-electron chi connectivity index (χ2n) is 4.60. The minimum atomic E-state index is 0.0380. The quantitative estimate of drug-likeness (QED) is 0.821. The van der Waals surface area contributed by atoms with Gasteiger partial charge < -0.3 is 10.6 Å². The van der Waals surface area contributed by atoms with E-state index < -0.39 is 0 Å². The topological polar surface area (TPSA) is 46.3 Å². The normalized spacial score (nSPS) is 13.4. The Morgan fingerprint density at radius 1 is 1.16 bits per heavy atom. The summed E-state index contributed by atoms with van der Waals surface area (Å²) in [6.45, 7) is 0.716. The maximum Gasteiger partial charge on any atom is 0.258 e. The lowest BCUT2D eigenvalue weighted by Crippen LogP contribution is -2.28. The monoisotopic (exact) mass is 316 g/mol. The fourth-order valence-electron chi connectivity index (χ4n) is 2.38.